The Kier molecular flexibility index (Phi) is 3.74. The van der Waals surface area contributed by atoms with Crippen molar-refractivity contribution in [3.8, 4) is 16.9 Å². The Bertz CT molecular complexity index is 790. The van der Waals surface area contributed by atoms with Crippen LogP contribution in [0.5, 0.6) is 0 Å². The number of benzene rings is 2. The minimum absolute atomic E-state index is 0.407. The molecule has 0 aliphatic heterocycles. The molecule has 110 valence electrons. The van der Waals surface area contributed by atoms with Gasteiger partial charge in [0.2, 0.25) is 0 Å². The summed E-state index contributed by atoms with van der Waals surface area (Å²) in [6.45, 7) is 2.02. The lowest BCUT2D eigenvalue weighted by Crippen LogP contribution is -2.10. The fraction of sp³-hybridized carbons (Fsp3) is 0.111. The van der Waals surface area contributed by atoms with E-state index in [1.165, 1.54) is 7.11 Å². The van der Waals surface area contributed by atoms with E-state index in [0.717, 1.165) is 22.5 Å². The summed E-state index contributed by atoms with van der Waals surface area (Å²) in [7, 11) is 1.37. The third-order valence-electron chi connectivity index (χ3n) is 3.45. The highest BCUT2D eigenvalue weighted by Crippen LogP contribution is 2.22. The Morgan fingerprint density at radius 3 is 2.36 bits per heavy atom. The number of esters is 1. The maximum absolute atomic E-state index is 12.0. The number of rotatable bonds is 3. The van der Waals surface area contributed by atoms with E-state index >= 15 is 0 Å². The molecule has 0 amide bonds. The van der Waals surface area contributed by atoms with E-state index in [2.05, 4.69) is 5.10 Å². The first kappa shape index (κ1) is 14.1. The molecule has 0 radical (unpaired) electrons. The number of aromatic nitrogens is 2. The molecule has 0 fully saturated rings. The van der Waals surface area contributed by atoms with E-state index in [0.29, 0.717) is 5.69 Å². The number of carbonyl (C=O) groups is 1. The number of hydrogen-bond acceptors (Lipinski definition) is 3. The molecule has 4 nitrogen and oxygen atoms in total. The molecule has 1 heterocycles. The lowest BCUT2D eigenvalue weighted by molar-refractivity contribution is 0.0590. The molecular weight excluding hydrogens is 276 g/mol. The van der Waals surface area contributed by atoms with Crippen LogP contribution >= 0.6 is 0 Å². The van der Waals surface area contributed by atoms with Crippen molar-refractivity contribution in [2.24, 2.45) is 0 Å². The predicted octanol–water partition coefficient (Wildman–Crippen LogP) is 3.63. The van der Waals surface area contributed by atoms with Gasteiger partial charge in [-0.25, -0.2) is 9.48 Å². The average molecular weight is 292 g/mol. The molecular formula is C18H16N2O2. The zero-order valence-corrected chi connectivity index (χ0v) is 12.5. The third kappa shape index (κ3) is 2.63. The van der Waals surface area contributed by atoms with E-state index in [-0.39, 0.29) is 0 Å². The second-order valence-corrected chi connectivity index (χ2v) is 5.02. The van der Waals surface area contributed by atoms with E-state index in [9.17, 15) is 4.79 Å². The van der Waals surface area contributed by atoms with Gasteiger partial charge in [-0.1, -0.05) is 48.0 Å². The van der Waals surface area contributed by atoms with Crippen LogP contribution in [0.25, 0.3) is 16.9 Å². The molecule has 0 aliphatic rings. The summed E-state index contributed by atoms with van der Waals surface area (Å²) in [5.41, 5.74) is 4.08. The van der Waals surface area contributed by atoms with Crippen molar-refractivity contribution in [1.82, 2.24) is 9.78 Å². The van der Waals surface area contributed by atoms with E-state index in [1.807, 2.05) is 61.5 Å². The van der Waals surface area contributed by atoms with Gasteiger partial charge in [0.05, 0.1) is 18.5 Å². The SMILES string of the molecule is COC(=O)c1cc(-c2ccccc2)nn1-c1ccc(C)cc1. The van der Waals surface area contributed by atoms with Crippen LogP contribution in [-0.2, 0) is 4.74 Å². The van der Waals surface area contributed by atoms with Gasteiger partial charge in [-0.3, -0.25) is 0 Å². The predicted molar refractivity (Wildman–Crippen MR) is 85.1 cm³/mol. The molecule has 0 unspecified atom stereocenters. The summed E-state index contributed by atoms with van der Waals surface area (Å²) in [4.78, 5) is 12.0. The molecule has 1 aromatic heterocycles. The molecule has 0 saturated carbocycles. The summed E-state index contributed by atoms with van der Waals surface area (Å²) in [6, 6.07) is 19.3. The molecule has 22 heavy (non-hydrogen) atoms. The van der Waals surface area contributed by atoms with Crippen molar-refractivity contribution in [3.63, 3.8) is 0 Å². The van der Waals surface area contributed by atoms with Gasteiger partial charge < -0.3 is 4.74 Å². The van der Waals surface area contributed by atoms with Gasteiger partial charge in [0, 0.05) is 5.56 Å². The van der Waals surface area contributed by atoms with E-state index < -0.39 is 5.97 Å². The smallest absolute Gasteiger partial charge is 0.356 e. The Balaban J connectivity index is 2.13. The van der Waals surface area contributed by atoms with Gasteiger partial charge in [-0.05, 0) is 25.1 Å². The van der Waals surface area contributed by atoms with Crippen LogP contribution in [-0.4, -0.2) is 22.9 Å². The van der Waals surface area contributed by atoms with Gasteiger partial charge in [0.25, 0.3) is 0 Å². The summed E-state index contributed by atoms with van der Waals surface area (Å²) in [5.74, 6) is -0.407. The average Bonchev–Trinajstić information content (AvgIpc) is 3.01. The Morgan fingerprint density at radius 2 is 1.73 bits per heavy atom. The second-order valence-electron chi connectivity index (χ2n) is 5.02. The van der Waals surface area contributed by atoms with Crippen molar-refractivity contribution in [3.05, 3.63) is 71.9 Å². The standard InChI is InChI=1S/C18H16N2O2/c1-13-8-10-15(11-9-13)20-17(18(21)22-2)12-16(19-20)14-6-4-3-5-7-14/h3-12H,1-2H3. The van der Waals surface area contributed by atoms with Crippen LogP contribution in [0.1, 0.15) is 16.1 Å². The lowest BCUT2D eigenvalue weighted by atomic mass is 10.1. The molecule has 0 atom stereocenters. The quantitative estimate of drug-likeness (QED) is 0.692. The zero-order chi connectivity index (χ0) is 15.5. The number of ether oxygens (including phenoxy) is 1. The number of hydrogen-bond donors (Lipinski definition) is 0. The first-order valence-corrected chi connectivity index (χ1v) is 7.00. The fourth-order valence-electron chi connectivity index (χ4n) is 2.26. The van der Waals surface area contributed by atoms with Crippen LogP contribution in [0.15, 0.2) is 60.7 Å². The molecule has 0 bridgehead atoms. The van der Waals surface area contributed by atoms with Crippen molar-refractivity contribution >= 4 is 5.97 Å². The van der Waals surface area contributed by atoms with Gasteiger partial charge in [-0.15, -0.1) is 0 Å². The van der Waals surface area contributed by atoms with Gasteiger partial charge in [0.1, 0.15) is 0 Å². The van der Waals surface area contributed by atoms with E-state index in [4.69, 9.17) is 4.74 Å². The topological polar surface area (TPSA) is 44.1 Å². The van der Waals surface area contributed by atoms with Gasteiger partial charge >= 0.3 is 5.97 Å². The van der Waals surface area contributed by atoms with Crippen LogP contribution in [0.3, 0.4) is 0 Å². The summed E-state index contributed by atoms with van der Waals surface area (Å²) in [6.07, 6.45) is 0. The molecule has 0 N–H and O–H groups in total. The summed E-state index contributed by atoms with van der Waals surface area (Å²) >= 11 is 0. The highest BCUT2D eigenvalue weighted by Gasteiger charge is 2.17. The first-order valence-electron chi connectivity index (χ1n) is 7.00. The Labute approximate surface area is 129 Å². The molecule has 0 aliphatic carbocycles. The fourth-order valence-corrected chi connectivity index (χ4v) is 2.26. The highest BCUT2D eigenvalue weighted by atomic mass is 16.5. The van der Waals surface area contributed by atoms with Crippen LogP contribution in [0.2, 0.25) is 0 Å². The van der Waals surface area contributed by atoms with Crippen LogP contribution < -0.4 is 0 Å². The summed E-state index contributed by atoms with van der Waals surface area (Å²) in [5, 5.41) is 4.57. The maximum atomic E-state index is 12.0. The second kappa shape index (κ2) is 5.85. The molecule has 2 aromatic carbocycles. The minimum Gasteiger partial charge on any atom is -0.464 e. The van der Waals surface area contributed by atoms with Crippen molar-refractivity contribution in [1.29, 1.82) is 0 Å². The summed E-state index contributed by atoms with van der Waals surface area (Å²) < 4.78 is 6.49. The normalized spacial score (nSPS) is 10.5. The number of methoxy groups -OCH3 is 1. The highest BCUT2D eigenvalue weighted by molar-refractivity contribution is 5.89. The van der Waals surface area contributed by atoms with Crippen molar-refractivity contribution in [2.45, 2.75) is 6.92 Å². The molecule has 0 spiro atoms. The van der Waals surface area contributed by atoms with Gasteiger partial charge in [-0.2, -0.15) is 5.10 Å². The van der Waals surface area contributed by atoms with Gasteiger partial charge in [0.15, 0.2) is 5.69 Å². The molecule has 4 heteroatoms. The number of nitrogens with zero attached hydrogens (tertiary/aromatic N) is 2. The maximum Gasteiger partial charge on any atom is 0.356 e. The largest absolute Gasteiger partial charge is 0.464 e. The molecule has 3 rings (SSSR count). The van der Waals surface area contributed by atoms with Crippen LogP contribution in [0.4, 0.5) is 0 Å². The molecule has 0 saturated heterocycles. The Morgan fingerprint density at radius 1 is 1.05 bits per heavy atom. The number of carbonyl (C=O) groups excluding carboxylic acids is 1. The van der Waals surface area contributed by atoms with Crippen molar-refractivity contribution in [2.75, 3.05) is 7.11 Å². The monoisotopic (exact) mass is 292 g/mol. The van der Waals surface area contributed by atoms with E-state index in [1.54, 1.807) is 10.7 Å². The Hall–Kier alpha value is -2.88. The minimum atomic E-state index is -0.407. The first-order chi connectivity index (χ1) is 10.7. The van der Waals surface area contributed by atoms with Crippen molar-refractivity contribution < 1.29 is 9.53 Å². The van der Waals surface area contributed by atoms with Crippen LogP contribution in [0, 0.1) is 6.92 Å². The third-order valence-corrected chi connectivity index (χ3v) is 3.45. The number of aryl methyl sites for hydroxylation is 1. The zero-order valence-electron chi connectivity index (χ0n) is 12.5. The lowest BCUT2D eigenvalue weighted by Gasteiger charge is -2.06. The molecule has 3 aromatic rings.